The molecular formula is C19H24N2. The third kappa shape index (κ3) is 2.24. The summed E-state index contributed by atoms with van der Waals surface area (Å²) in [6, 6.07) is 15.3. The molecule has 1 aromatic heterocycles. The summed E-state index contributed by atoms with van der Waals surface area (Å²) < 4.78 is 2.37. The Hall–Kier alpha value is -1.80. The zero-order chi connectivity index (χ0) is 15.2. The van der Waals surface area contributed by atoms with Gasteiger partial charge < -0.3 is 10.3 Å². The molecule has 21 heavy (non-hydrogen) atoms. The van der Waals surface area contributed by atoms with E-state index in [4.69, 9.17) is 5.73 Å². The number of aromatic nitrogens is 1. The van der Waals surface area contributed by atoms with E-state index in [0.717, 1.165) is 6.54 Å². The minimum atomic E-state index is 0.0469. The van der Waals surface area contributed by atoms with Gasteiger partial charge in [0.15, 0.2) is 0 Å². The molecule has 3 rings (SSSR count). The van der Waals surface area contributed by atoms with E-state index in [1.54, 1.807) is 0 Å². The van der Waals surface area contributed by atoms with Crippen LogP contribution >= 0.6 is 0 Å². The molecule has 1 atom stereocenters. The summed E-state index contributed by atoms with van der Waals surface area (Å²) in [5.41, 5.74) is 10.3. The standard InChI is InChI=1S/C19H24N2/c1-5-21-16-9-7-6-8-14(16)15-12-13(10-11-17(15)21)18(20)19(2,3)4/h6-12,18H,5,20H2,1-4H3/t18-/m0/s1. The predicted molar refractivity (Wildman–Crippen MR) is 91.5 cm³/mol. The van der Waals surface area contributed by atoms with Crippen LogP contribution < -0.4 is 5.73 Å². The first-order valence-corrected chi connectivity index (χ1v) is 7.70. The van der Waals surface area contributed by atoms with Gasteiger partial charge in [-0.25, -0.2) is 0 Å². The van der Waals surface area contributed by atoms with E-state index >= 15 is 0 Å². The Balaban J connectivity index is 2.29. The van der Waals surface area contributed by atoms with Crippen LogP contribution in [0.15, 0.2) is 42.5 Å². The fourth-order valence-corrected chi connectivity index (χ4v) is 3.11. The number of fused-ring (bicyclic) bond motifs is 3. The maximum Gasteiger partial charge on any atom is 0.0491 e. The van der Waals surface area contributed by atoms with Crippen molar-refractivity contribution >= 4 is 21.8 Å². The smallest absolute Gasteiger partial charge is 0.0491 e. The first-order chi connectivity index (χ1) is 9.93. The van der Waals surface area contributed by atoms with Crippen molar-refractivity contribution in [3.8, 4) is 0 Å². The number of nitrogens with zero attached hydrogens (tertiary/aromatic N) is 1. The van der Waals surface area contributed by atoms with Gasteiger partial charge in [0.2, 0.25) is 0 Å². The molecule has 1 heterocycles. The van der Waals surface area contributed by atoms with E-state index < -0.39 is 0 Å². The van der Waals surface area contributed by atoms with Crippen molar-refractivity contribution in [2.45, 2.75) is 40.3 Å². The van der Waals surface area contributed by atoms with Crippen molar-refractivity contribution in [2.75, 3.05) is 0 Å². The Morgan fingerprint density at radius 2 is 1.67 bits per heavy atom. The molecule has 110 valence electrons. The molecule has 0 saturated carbocycles. The molecule has 0 aliphatic rings. The van der Waals surface area contributed by atoms with Gasteiger partial charge in [0, 0.05) is 34.4 Å². The van der Waals surface area contributed by atoms with Crippen LogP contribution in [-0.4, -0.2) is 4.57 Å². The largest absolute Gasteiger partial charge is 0.341 e. The van der Waals surface area contributed by atoms with E-state index in [2.05, 4.69) is 74.7 Å². The minimum absolute atomic E-state index is 0.0469. The predicted octanol–water partition coefficient (Wildman–Crippen LogP) is 4.86. The van der Waals surface area contributed by atoms with Gasteiger partial charge in [-0.2, -0.15) is 0 Å². The second kappa shape index (κ2) is 4.88. The highest BCUT2D eigenvalue weighted by Gasteiger charge is 2.23. The summed E-state index contributed by atoms with van der Waals surface area (Å²) in [4.78, 5) is 0. The van der Waals surface area contributed by atoms with E-state index in [9.17, 15) is 0 Å². The van der Waals surface area contributed by atoms with Crippen molar-refractivity contribution in [1.29, 1.82) is 0 Å². The summed E-state index contributed by atoms with van der Waals surface area (Å²) in [5.74, 6) is 0. The molecule has 2 nitrogen and oxygen atoms in total. The molecule has 0 aliphatic heterocycles. The number of hydrogen-bond acceptors (Lipinski definition) is 1. The zero-order valence-electron chi connectivity index (χ0n) is 13.4. The van der Waals surface area contributed by atoms with E-state index in [0.29, 0.717) is 0 Å². The lowest BCUT2D eigenvalue weighted by atomic mass is 9.83. The SMILES string of the molecule is CCn1c2ccccc2c2cc([C@H](N)C(C)(C)C)ccc21. The Morgan fingerprint density at radius 3 is 2.33 bits per heavy atom. The molecule has 0 radical (unpaired) electrons. The highest BCUT2D eigenvalue weighted by molar-refractivity contribution is 6.08. The maximum absolute atomic E-state index is 6.44. The van der Waals surface area contributed by atoms with Gasteiger partial charge in [-0.3, -0.25) is 0 Å². The second-order valence-electron chi connectivity index (χ2n) is 6.88. The summed E-state index contributed by atoms with van der Waals surface area (Å²) in [6.45, 7) is 9.75. The van der Waals surface area contributed by atoms with Gasteiger partial charge in [0.1, 0.15) is 0 Å². The molecule has 2 aromatic carbocycles. The quantitative estimate of drug-likeness (QED) is 0.714. The fourth-order valence-electron chi connectivity index (χ4n) is 3.11. The Labute approximate surface area is 126 Å². The molecule has 0 amide bonds. The number of benzene rings is 2. The van der Waals surface area contributed by atoms with Gasteiger partial charge in [-0.15, -0.1) is 0 Å². The molecule has 2 N–H and O–H groups in total. The lowest BCUT2D eigenvalue weighted by Gasteiger charge is -2.27. The molecular weight excluding hydrogens is 256 g/mol. The third-order valence-corrected chi connectivity index (χ3v) is 4.40. The first-order valence-electron chi connectivity index (χ1n) is 7.70. The van der Waals surface area contributed by atoms with Crippen molar-refractivity contribution in [2.24, 2.45) is 11.1 Å². The number of aryl methyl sites for hydroxylation is 1. The van der Waals surface area contributed by atoms with Gasteiger partial charge >= 0.3 is 0 Å². The average molecular weight is 280 g/mol. The van der Waals surface area contributed by atoms with Crippen LogP contribution in [0.25, 0.3) is 21.8 Å². The van der Waals surface area contributed by atoms with Gasteiger partial charge in [0.05, 0.1) is 0 Å². The second-order valence-corrected chi connectivity index (χ2v) is 6.88. The van der Waals surface area contributed by atoms with Crippen molar-refractivity contribution in [1.82, 2.24) is 4.57 Å². The maximum atomic E-state index is 6.44. The lowest BCUT2D eigenvalue weighted by Crippen LogP contribution is -2.26. The van der Waals surface area contributed by atoms with Gasteiger partial charge in [0.25, 0.3) is 0 Å². The van der Waals surface area contributed by atoms with Crippen molar-refractivity contribution < 1.29 is 0 Å². The van der Waals surface area contributed by atoms with Crippen molar-refractivity contribution in [3.63, 3.8) is 0 Å². The van der Waals surface area contributed by atoms with Crippen LogP contribution in [0.5, 0.6) is 0 Å². The Morgan fingerprint density at radius 1 is 1.00 bits per heavy atom. The van der Waals surface area contributed by atoms with Crippen LogP contribution in [0.2, 0.25) is 0 Å². The van der Waals surface area contributed by atoms with Crippen LogP contribution in [-0.2, 0) is 6.54 Å². The molecule has 0 unspecified atom stereocenters. The third-order valence-electron chi connectivity index (χ3n) is 4.40. The van der Waals surface area contributed by atoms with Crippen LogP contribution in [0, 0.1) is 5.41 Å². The number of nitrogens with two attached hydrogens (primary N) is 1. The van der Waals surface area contributed by atoms with Crippen LogP contribution in [0.1, 0.15) is 39.3 Å². The van der Waals surface area contributed by atoms with Crippen LogP contribution in [0.4, 0.5) is 0 Å². The topological polar surface area (TPSA) is 30.9 Å². The van der Waals surface area contributed by atoms with E-state index in [-0.39, 0.29) is 11.5 Å². The molecule has 0 aliphatic carbocycles. The molecule has 0 bridgehead atoms. The molecule has 0 saturated heterocycles. The van der Waals surface area contributed by atoms with E-state index in [1.807, 2.05) is 0 Å². The molecule has 3 aromatic rings. The summed E-state index contributed by atoms with van der Waals surface area (Å²) in [7, 11) is 0. The van der Waals surface area contributed by atoms with Crippen LogP contribution in [0.3, 0.4) is 0 Å². The lowest BCUT2D eigenvalue weighted by molar-refractivity contribution is 0.327. The Kier molecular flexibility index (Phi) is 3.29. The van der Waals surface area contributed by atoms with Gasteiger partial charge in [-0.05, 0) is 36.1 Å². The molecule has 0 spiro atoms. The zero-order valence-corrected chi connectivity index (χ0v) is 13.4. The summed E-state index contributed by atoms with van der Waals surface area (Å²) in [5, 5.41) is 2.63. The first kappa shape index (κ1) is 14.2. The van der Waals surface area contributed by atoms with Crippen molar-refractivity contribution in [3.05, 3.63) is 48.0 Å². The van der Waals surface area contributed by atoms with E-state index in [1.165, 1.54) is 27.4 Å². The fraction of sp³-hybridized carbons (Fsp3) is 0.368. The highest BCUT2D eigenvalue weighted by Crippen LogP contribution is 2.35. The van der Waals surface area contributed by atoms with Gasteiger partial charge in [-0.1, -0.05) is 45.0 Å². The average Bonchev–Trinajstić information content (AvgIpc) is 2.78. The number of rotatable bonds is 2. The Bertz CT molecular complexity index is 790. The molecule has 0 fully saturated rings. The minimum Gasteiger partial charge on any atom is -0.341 e. The normalized spacial score (nSPS) is 14.0. The number of para-hydroxylation sites is 1. The summed E-state index contributed by atoms with van der Waals surface area (Å²) in [6.07, 6.45) is 0. The number of hydrogen-bond donors (Lipinski definition) is 1. The summed E-state index contributed by atoms with van der Waals surface area (Å²) >= 11 is 0. The monoisotopic (exact) mass is 280 g/mol. The molecule has 2 heteroatoms. The highest BCUT2D eigenvalue weighted by atomic mass is 15.0.